The Morgan fingerprint density at radius 2 is 2.21 bits per heavy atom. The maximum Gasteiger partial charge on any atom is 0.335 e. The molecular weight excluding hydrogens is 254 g/mol. The van der Waals surface area contributed by atoms with E-state index in [4.69, 9.17) is 5.11 Å². The first kappa shape index (κ1) is 12.8. The summed E-state index contributed by atoms with van der Waals surface area (Å²) in [5.74, 6) is -1.25. The molecule has 8 nitrogen and oxygen atoms in total. The molecule has 1 fully saturated rings. The lowest BCUT2D eigenvalue weighted by atomic mass is 10.1. The molecule has 2 amide bonds. The van der Waals surface area contributed by atoms with Crippen molar-refractivity contribution >= 4 is 23.4 Å². The zero-order chi connectivity index (χ0) is 14.0. The summed E-state index contributed by atoms with van der Waals surface area (Å²) in [6.45, 7) is 0.884. The summed E-state index contributed by atoms with van der Waals surface area (Å²) >= 11 is 0. The van der Waals surface area contributed by atoms with Crippen LogP contribution in [0, 0.1) is 10.1 Å². The van der Waals surface area contributed by atoms with Crippen molar-refractivity contribution in [2.24, 2.45) is 0 Å². The molecule has 0 radical (unpaired) electrons. The van der Waals surface area contributed by atoms with E-state index in [-0.39, 0.29) is 11.3 Å². The third kappa shape index (κ3) is 2.46. The van der Waals surface area contributed by atoms with Crippen LogP contribution in [0.3, 0.4) is 0 Å². The lowest BCUT2D eigenvalue weighted by Crippen LogP contribution is -2.46. The number of rotatable bonds is 3. The summed E-state index contributed by atoms with van der Waals surface area (Å²) < 4.78 is 0. The molecule has 0 aliphatic carbocycles. The minimum Gasteiger partial charge on any atom is -0.478 e. The Bertz CT molecular complexity index is 557. The van der Waals surface area contributed by atoms with Crippen molar-refractivity contribution in [1.82, 2.24) is 5.32 Å². The number of nitrogens with zero attached hydrogens (tertiary/aromatic N) is 2. The van der Waals surface area contributed by atoms with E-state index in [2.05, 4.69) is 5.32 Å². The Labute approximate surface area is 107 Å². The van der Waals surface area contributed by atoms with Crippen molar-refractivity contribution in [3.8, 4) is 0 Å². The molecule has 1 saturated heterocycles. The smallest absolute Gasteiger partial charge is 0.335 e. The van der Waals surface area contributed by atoms with Gasteiger partial charge in [0.25, 0.3) is 5.69 Å². The van der Waals surface area contributed by atoms with Gasteiger partial charge in [0.1, 0.15) is 5.69 Å². The molecule has 8 heteroatoms. The van der Waals surface area contributed by atoms with Crippen LogP contribution >= 0.6 is 0 Å². The van der Waals surface area contributed by atoms with E-state index in [9.17, 15) is 19.7 Å². The maximum atomic E-state index is 11.7. The van der Waals surface area contributed by atoms with Gasteiger partial charge in [-0.3, -0.25) is 15.0 Å². The van der Waals surface area contributed by atoms with Crippen molar-refractivity contribution < 1.29 is 19.6 Å². The normalized spacial score (nSPS) is 14.9. The molecule has 2 N–H and O–H groups in total. The molecule has 1 aromatic rings. The number of hydrogen-bond donors (Lipinski definition) is 2. The fourth-order valence-corrected chi connectivity index (χ4v) is 1.89. The van der Waals surface area contributed by atoms with Crippen molar-refractivity contribution in [1.29, 1.82) is 0 Å². The van der Waals surface area contributed by atoms with Crippen molar-refractivity contribution in [2.75, 3.05) is 18.0 Å². The minimum atomic E-state index is -1.25. The fourth-order valence-electron chi connectivity index (χ4n) is 1.89. The van der Waals surface area contributed by atoms with Crippen LogP contribution in [0.15, 0.2) is 18.2 Å². The van der Waals surface area contributed by atoms with Gasteiger partial charge in [0.15, 0.2) is 0 Å². The molecule has 0 saturated carbocycles. The molecule has 1 aliphatic rings. The van der Waals surface area contributed by atoms with Crippen LogP contribution in [-0.2, 0) is 0 Å². The van der Waals surface area contributed by atoms with Gasteiger partial charge in [-0.05, 0) is 18.6 Å². The summed E-state index contributed by atoms with van der Waals surface area (Å²) in [7, 11) is 0. The lowest BCUT2D eigenvalue weighted by Gasteiger charge is -2.27. The van der Waals surface area contributed by atoms with Crippen molar-refractivity contribution in [3.05, 3.63) is 33.9 Å². The number of benzene rings is 1. The second kappa shape index (κ2) is 4.92. The number of carboxylic acid groups (broad SMARTS) is 1. The Morgan fingerprint density at radius 3 is 2.79 bits per heavy atom. The first-order valence-corrected chi connectivity index (χ1v) is 5.58. The van der Waals surface area contributed by atoms with Gasteiger partial charge in [0.2, 0.25) is 0 Å². The van der Waals surface area contributed by atoms with Crippen LogP contribution in [0.2, 0.25) is 0 Å². The van der Waals surface area contributed by atoms with Crippen LogP contribution in [0.5, 0.6) is 0 Å². The zero-order valence-corrected chi connectivity index (χ0v) is 9.83. The van der Waals surface area contributed by atoms with Crippen LogP contribution < -0.4 is 10.2 Å². The van der Waals surface area contributed by atoms with Gasteiger partial charge in [0.05, 0.1) is 10.5 Å². The number of nitrogens with one attached hydrogen (secondary N) is 1. The third-order valence-corrected chi connectivity index (χ3v) is 2.79. The molecular formula is C11H11N3O5. The molecule has 100 valence electrons. The van der Waals surface area contributed by atoms with Gasteiger partial charge in [-0.15, -0.1) is 0 Å². The molecule has 1 heterocycles. The number of carbonyl (C=O) groups excluding carboxylic acids is 1. The van der Waals surface area contributed by atoms with Crippen LogP contribution in [-0.4, -0.2) is 35.1 Å². The highest BCUT2D eigenvalue weighted by Gasteiger charge is 2.27. The van der Waals surface area contributed by atoms with Gasteiger partial charge in [0, 0.05) is 19.2 Å². The second-order valence-electron chi connectivity index (χ2n) is 4.00. The number of carbonyl (C=O) groups is 2. The Hall–Kier alpha value is -2.64. The zero-order valence-electron chi connectivity index (χ0n) is 9.83. The summed E-state index contributed by atoms with van der Waals surface area (Å²) in [5, 5.41) is 22.4. The Kier molecular flexibility index (Phi) is 3.32. The Morgan fingerprint density at radius 1 is 1.47 bits per heavy atom. The predicted octanol–water partition coefficient (Wildman–Crippen LogP) is 1.21. The predicted molar refractivity (Wildman–Crippen MR) is 65.4 cm³/mol. The SMILES string of the molecule is O=C(O)c1ccc(N2CCCNC2=O)c([N+](=O)[O-])c1. The largest absolute Gasteiger partial charge is 0.478 e. The van der Waals surface area contributed by atoms with E-state index < -0.39 is 22.6 Å². The molecule has 1 aromatic carbocycles. The number of carboxylic acids is 1. The molecule has 2 rings (SSSR count). The standard InChI is InChI=1S/C11H11N3O5/c15-10(16)7-2-3-8(9(6-7)14(18)19)13-5-1-4-12-11(13)17/h2-3,6H,1,4-5H2,(H,12,17)(H,15,16). The topological polar surface area (TPSA) is 113 Å². The molecule has 0 atom stereocenters. The van der Waals surface area contributed by atoms with Gasteiger partial charge in [-0.25, -0.2) is 9.59 Å². The summed E-state index contributed by atoms with van der Waals surface area (Å²) in [6, 6.07) is 3.07. The summed E-state index contributed by atoms with van der Waals surface area (Å²) in [6.07, 6.45) is 0.670. The number of anilines is 1. The van der Waals surface area contributed by atoms with Gasteiger partial charge >= 0.3 is 12.0 Å². The number of nitro benzene ring substituents is 1. The average molecular weight is 265 g/mol. The second-order valence-corrected chi connectivity index (χ2v) is 4.00. The highest BCUT2D eigenvalue weighted by Crippen LogP contribution is 2.30. The number of amides is 2. The first-order chi connectivity index (χ1) is 9.00. The molecule has 0 spiro atoms. The van der Waals surface area contributed by atoms with Gasteiger partial charge in [-0.2, -0.15) is 0 Å². The van der Waals surface area contributed by atoms with E-state index in [1.807, 2.05) is 0 Å². The first-order valence-electron chi connectivity index (χ1n) is 5.58. The molecule has 0 unspecified atom stereocenters. The summed E-state index contributed by atoms with van der Waals surface area (Å²) in [5.41, 5.74) is -0.475. The molecule has 1 aliphatic heterocycles. The van der Waals surface area contributed by atoms with E-state index >= 15 is 0 Å². The Balaban J connectivity index is 2.47. The van der Waals surface area contributed by atoms with E-state index in [1.54, 1.807) is 0 Å². The number of urea groups is 1. The third-order valence-electron chi connectivity index (χ3n) is 2.79. The summed E-state index contributed by atoms with van der Waals surface area (Å²) in [4.78, 5) is 34.0. The highest BCUT2D eigenvalue weighted by molar-refractivity contribution is 5.97. The van der Waals surface area contributed by atoms with Gasteiger partial charge < -0.3 is 10.4 Å². The fraction of sp³-hybridized carbons (Fsp3) is 0.273. The van der Waals surface area contributed by atoms with E-state index in [0.717, 1.165) is 6.07 Å². The number of hydrogen-bond acceptors (Lipinski definition) is 4. The number of aromatic carboxylic acids is 1. The average Bonchev–Trinajstić information content (AvgIpc) is 2.38. The van der Waals surface area contributed by atoms with E-state index in [1.165, 1.54) is 17.0 Å². The quantitative estimate of drug-likeness (QED) is 0.630. The molecule has 19 heavy (non-hydrogen) atoms. The minimum absolute atomic E-state index is 0.104. The van der Waals surface area contributed by atoms with E-state index in [0.29, 0.717) is 19.5 Å². The van der Waals surface area contributed by atoms with Crippen LogP contribution in [0.25, 0.3) is 0 Å². The highest BCUT2D eigenvalue weighted by atomic mass is 16.6. The van der Waals surface area contributed by atoms with Gasteiger partial charge in [-0.1, -0.05) is 0 Å². The number of nitro groups is 1. The maximum absolute atomic E-state index is 11.7. The monoisotopic (exact) mass is 265 g/mol. The van der Waals surface area contributed by atoms with Crippen LogP contribution in [0.1, 0.15) is 16.8 Å². The van der Waals surface area contributed by atoms with Crippen molar-refractivity contribution in [2.45, 2.75) is 6.42 Å². The van der Waals surface area contributed by atoms with Crippen molar-refractivity contribution in [3.63, 3.8) is 0 Å². The molecule has 0 bridgehead atoms. The molecule has 0 aromatic heterocycles. The lowest BCUT2D eigenvalue weighted by molar-refractivity contribution is -0.384. The van der Waals surface area contributed by atoms with Crippen LogP contribution in [0.4, 0.5) is 16.2 Å².